The van der Waals surface area contributed by atoms with Gasteiger partial charge in [-0.25, -0.2) is 5.43 Å². The molecule has 4 nitrogen and oxygen atoms in total. The van der Waals surface area contributed by atoms with Gasteiger partial charge >= 0.3 is 0 Å². The number of ether oxygens (including phenoxy) is 1. The Labute approximate surface area is 122 Å². The molecule has 2 rings (SSSR count). The van der Waals surface area contributed by atoms with Gasteiger partial charge in [0.05, 0.1) is 19.2 Å². The number of hydrazone groups is 1. The van der Waals surface area contributed by atoms with Crippen LogP contribution >= 0.6 is 11.3 Å². The highest BCUT2D eigenvalue weighted by Crippen LogP contribution is 2.13. The van der Waals surface area contributed by atoms with Gasteiger partial charge in [0.2, 0.25) is 5.91 Å². The van der Waals surface area contributed by atoms with Crippen LogP contribution in [-0.2, 0) is 11.2 Å². The average Bonchev–Trinajstić information content (AvgIpc) is 2.97. The molecule has 0 saturated carbocycles. The van der Waals surface area contributed by atoms with Crippen LogP contribution < -0.4 is 10.2 Å². The fourth-order valence-electron chi connectivity index (χ4n) is 1.67. The van der Waals surface area contributed by atoms with E-state index in [1.54, 1.807) is 18.4 Å². The number of nitrogens with one attached hydrogen (secondary N) is 1. The summed E-state index contributed by atoms with van der Waals surface area (Å²) in [5.41, 5.74) is 4.23. The monoisotopic (exact) mass is 288 g/mol. The number of thiophene rings is 1. The number of hydrogen-bond donors (Lipinski definition) is 1. The van der Waals surface area contributed by atoms with Crippen molar-refractivity contribution in [2.75, 3.05) is 7.11 Å². The third-order valence-electron chi connectivity index (χ3n) is 2.75. The molecule has 1 aromatic carbocycles. The molecule has 0 aliphatic carbocycles. The Balaban J connectivity index is 1.97. The van der Waals surface area contributed by atoms with Crippen molar-refractivity contribution in [2.24, 2.45) is 5.10 Å². The summed E-state index contributed by atoms with van der Waals surface area (Å²) in [6, 6.07) is 11.4. The van der Waals surface area contributed by atoms with Gasteiger partial charge in [0, 0.05) is 10.4 Å². The summed E-state index contributed by atoms with van der Waals surface area (Å²) >= 11 is 1.56. The maximum Gasteiger partial charge on any atom is 0.245 e. The van der Waals surface area contributed by atoms with E-state index in [-0.39, 0.29) is 5.91 Å². The molecule has 5 heteroatoms. The van der Waals surface area contributed by atoms with E-state index in [1.807, 2.05) is 48.7 Å². The first-order valence-corrected chi connectivity index (χ1v) is 7.07. The molecule has 1 amide bonds. The van der Waals surface area contributed by atoms with E-state index in [2.05, 4.69) is 10.5 Å². The van der Waals surface area contributed by atoms with Crippen LogP contribution in [0.1, 0.15) is 17.4 Å². The van der Waals surface area contributed by atoms with Gasteiger partial charge in [0.1, 0.15) is 5.75 Å². The predicted octanol–water partition coefficient (Wildman–Crippen LogP) is 2.84. The third-order valence-corrected chi connectivity index (χ3v) is 3.63. The van der Waals surface area contributed by atoms with E-state index < -0.39 is 0 Å². The minimum atomic E-state index is -0.116. The van der Waals surface area contributed by atoms with Crippen LogP contribution in [0.15, 0.2) is 46.9 Å². The lowest BCUT2D eigenvalue weighted by molar-refractivity contribution is -0.120. The van der Waals surface area contributed by atoms with E-state index in [9.17, 15) is 4.79 Å². The second kappa shape index (κ2) is 6.86. The maximum atomic E-state index is 11.7. The van der Waals surface area contributed by atoms with Gasteiger partial charge in [-0.05, 0) is 30.5 Å². The Kier molecular flexibility index (Phi) is 4.90. The Hall–Kier alpha value is -2.14. The van der Waals surface area contributed by atoms with Crippen LogP contribution in [0.25, 0.3) is 0 Å². The molecular formula is C15H16N2O2S. The summed E-state index contributed by atoms with van der Waals surface area (Å²) in [5, 5.41) is 6.07. The summed E-state index contributed by atoms with van der Waals surface area (Å²) in [6.45, 7) is 1.85. The Morgan fingerprint density at radius 2 is 2.20 bits per heavy atom. The molecule has 0 unspecified atom stereocenters. The summed E-state index contributed by atoms with van der Waals surface area (Å²) in [7, 11) is 1.62. The van der Waals surface area contributed by atoms with Gasteiger partial charge in [0.15, 0.2) is 0 Å². The fraction of sp³-hybridized carbons (Fsp3) is 0.200. The van der Waals surface area contributed by atoms with E-state index in [4.69, 9.17) is 4.74 Å². The highest BCUT2D eigenvalue weighted by Gasteiger charge is 2.04. The molecule has 0 atom stereocenters. The largest absolute Gasteiger partial charge is 0.497 e. The van der Waals surface area contributed by atoms with Crippen molar-refractivity contribution in [1.82, 2.24) is 5.43 Å². The molecule has 0 aliphatic heterocycles. The van der Waals surface area contributed by atoms with Crippen molar-refractivity contribution >= 4 is 23.0 Å². The smallest absolute Gasteiger partial charge is 0.245 e. The average molecular weight is 288 g/mol. The van der Waals surface area contributed by atoms with Crippen LogP contribution in [0.4, 0.5) is 0 Å². The van der Waals surface area contributed by atoms with Crippen molar-refractivity contribution in [3.63, 3.8) is 0 Å². The first-order valence-electron chi connectivity index (χ1n) is 6.19. The number of nitrogens with zero attached hydrogens (tertiary/aromatic N) is 1. The van der Waals surface area contributed by atoms with Gasteiger partial charge in [-0.1, -0.05) is 18.2 Å². The summed E-state index contributed by atoms with van der Waals surface area (Å²) in [5.74, 6) is 0.650. The second-order valence-corrected chi connectivity index (χ2v) is 5.25. The summed E-state index contributed by atoms with van der Waals surface area (Å²) in [4.78, 5) is 12.8. The van der Waals surface area contributed by atoms with E-state index in [1.165, 1.54) is 0 Å². The molecular weight excluding hydrogens is 272 g/mol. The number of carbonyl (C=O) groups excluding carboxylic acids is 1. The van der Waals surface area contributed by atoms with Crippen molar-refractivity contribution in [3.8, 4) is 5.75 Å². The topological polar surface area (TPSA) is 50.7 Å². The fourth-order valence-corrected chi connectivity index (χ4v) is 2.37. The van der Waals surface area contributed by atoms with Crippen molar-refractivity contribution in [2.45, 2.75) is 13.3 Å². The normalized spacial score (nSPS) is 11.2. The maximum absolute atomic E-state index is 11.7. The molecule has 0 saturated heterocycles. The molecule has 0 aliphatic rings. The van der Waals surface area contributed by atoms with Crippen molar-refractivity contribution in [1.29, 1.82) is 0 Å². The molecule has 1 aromatic heterocycles. The van der Waals surface area contributed by atoms with Crippen LogP contribution in [-0.4, -0.2) is 18.7 Å². The van der Waals surface area contributed by atoms with Gasteiger partial charge in [0.25, 0.3) is 0 Å². The lowest BCUT2D eigenvalue weighted by Gasteiger charge is -2.04. The second-order valence-electron chi connectivity index (χ2n) is 4.22. The highest BCUT2D eigenvalue weighted by molar-refractivity contribution is 7.10. The molecule has 1 N–H and O–H groups in total. The van der Waals surface area contributed by atoms with Crippen LogP contribution in [0.2, 0.25) is 0 Å². The Morgan fingerprint density at radius 1 is 1.35 bits per heavy atom. The predicted molar refractivity (Wildman–Crippen MR) is 81.4 cm³/mol. The highest BCUT2D eigenvalue weighted by atomic mass is 32.1. The molecule has 0 radical (unpaired) electrons. The van der Waals surface area contributed by atoms with Crippen LogP contribution in [0.3, 0.4) is 0 Å². The molecule has 104 valence electrons. The van der Waals surface area contributed by atoms with Gasteiger partial charge < -0.3 is 4.74 Å². The molecule has 20 heavy (non-hydrogen) atoms. The Morgan fingerprint density at radius 3 is 2.90 bits per heavy atom. The lowest BCUT2D eigenvalue weighted by Crippen LogP contribution is -2.20. The first-order chi connectivity index (χ1) is 9.69. The molecule has 0 bridgehead atoms. The number of hydrogen-bond acceptors (Lipinski definition) is 4. The minimum Gasteiger partial charge on any atom is -0.497 e. The zero-order valence-corrected chi connectivity index (χ0v) is 12.2. The van der Waals surface area contributed by atoms with E-state index in [0.29, 0.717) is 6.42 Å². The van der Waals surface area contributed by atoms with Gasteiger partial charge in [-0.3, -0.25) is 4.79 Å². The first kappa shape index (κ1) is 14.3. The molecule has 2 aromatic rings. The van der Waals surface area contributed by atoms with E-state index in [0.717, 1.165) is 21.9 Å². The van der Waals surface area contributed by atoms with Gasteiger partial charge in [-0.2, -0.15) is 5.10 Å². The molecule has 1 heterocycles. The number of benzene rings is 1. The third kappa shape index (κ3) is 3.93. The number of amides is 1. The number of methoxy groups -OCH3 is 1. The van der Waals surface area contributed by atoms with E-state index >= 15 is 0 Å². The number of rotatable bonds is 5. The lowest BCUT2D eigenvalue weighted by atomic mass is 10.1. The van der Waals surface area contributed by atoms with Gasteiger partial charge in [-0.15, -0.1) is 11.3 Å². The molecule has 0 spiro atoms. The minimum absolute atomic E-state index is 0.116. The van der Waals surface area contributed by atoms with Crippen LogP contribution in [0, 0.1) is 0 Å². The van der Waals surface area contributed by atoms with Crippen molar-refractivity contribution in [3.05, 3.63) is 52.2 Å². The molecule has 0 fully saturated rings. The zero-order valence-electron chi connectivity index (χ0n) is 11.4. The SMILES string of the molecule is COc1cccc(/C(C)=N\NC(=O)Cc2cccs2)c1. The van der Waals surface area contributed by atoms with Crippen LogP contribution in [0.5, 0.6) is 5.75 Å². The summed E-state index contributed by atoms with van der Waals surface area (Å²) in [6.07, 6.45) is 0.354. The van der Waals surface area contributed by atoms with Crippen molar-refractivity contribution < 1.29 is 9.53 Å². The Bertz CT molecular complexity index is 606. The number of carbonyl (C=O) groups is 1. The zero-order chi connectivity index (χ0) is 14.4. The quantitative estimate of drug-likeness (QED) is 0.679. The summed E-state index contributed by atoms with van der Waals surface area (Å²) < 4.78 is 5.16. The standard InChI is InChI=1S/C15H16N2O2S/c1-11(12-5-3-6-13(9-12)19-2)16-17-15(18)10-14-7-4-8-20-14/h3-9H,10H2,1-2H3,(H,17,18)/b16-11-.